The number of carbonyl (C=O) groups is 2. The summed E-state index contributed by atoms with van der Waals surface area (Å²) in [4.78, 5) is 34.9. The zero-order valence-corrected chi connectivity index (χ0v) is 20.0. The van der Waals surface area contributed by atoms with E-state index in [-0.39, 0.29) is 18.4 Å². The molecular formula is C26H29N5O2S. The van der Waals surface area contributed by atoms with Crippen LogP contribution in [0.2, 0.25) is 0 Å². The first-order valence-corrected chi connectivity index (χ1v) is 12.7. The van der Waals surface area contributed by atoms with Crippen LogP contribution < -0.4 is 5.32 Å². The molecule has 2 aliphatic rings. The van der Waals surface area contributed by atoms with Crippen molar-refractivity contribution < 1.29 is 9.59 Å². The van der Waals surface area contributed by atoms with Crippen LogP contribution in [0.1, 0.15) is 24.1 Å². The van der Waals surface area contributed by atoms with Crippen molar-refractivity contribution in [3.63, 3.8) is 0 Å². The van der Waals surface area contributed by atoms with Crippen LogP contribution in [0.3, 0.4) is 0 Å². The average molecular weight is 476 g/mol. The summed E-state index contributed by atoms with van der Waals surface area (Å²) >= 11 is 1.40. The van der Waals surface area contributed by atoms with Gasteiger partial charge in [0.1, 0.15) is 5.65 Å². The number of benzene rings is 1. The van der Waals surface area contributed by atoms with Crippen LogP contribution >= 0.6 is 11.8 Å². The second kappa shape index (κ2) is 10.4. The number of rotatable bonds is 7. The van der Waals surface area contributed by atoms with Gasteiger partial charge in [-0.3, -0.25) is 14.0 Å². The Morgan fingerprint density at radius 3 is 2.76 bits per heavy atom. The Kier molecular flexibility index (Phi) is 6.97. The van der Waals surface area contributed by atoms with E-state index in [0.29, 0.717) is 11.4 Å². The lowest BCUT2D eigenvalue weighted by Gasteiger charge is -2.22. The second-order valence-corrected chi connectivity index (χ2v) is 9.76. The van der Waals surface area contributed by atoms with E-state index in [9.17, 15) is 9.59 Å². The number of hydrogen-bond acceptors (Lipinski definition) is 5. The highest BCUT2D eigenvalue weighted by Crippen LogP contribution is 2.34. The Morgan fingerprint density at radius 1 is 1.00 bits per heavy atom. The molecule has 2 aliphatic heterocycles. The van der Waals surface area contributed by atoms with Crippen molar-refractivity contribution in [3.8, 4) is 0 Å². The standard InChI is InChI=1S/C26H29N5O2S/c32-24(30-14-6-13-29(15-16-30)12-5-9-20-7-2-1-3-8-20)19-28-26(33)22-17-21-18-27-23-10-4-11-25(34-22)31(21)23/h1-4,7-8,10-11,17-18H,5-6,9,12-16,19H2,(H,28,33). The van der Waals surface area contributed by atoms with Gasteiger partial charge in [0.25, 0.3) is 5.91 Å². The minimum absolute atomic E-state index is 0.0203. The van der Waals surface area contributed by atoms with E-state index in [1.807, 2.05) is 39.6 Å². The van der Waals surface area contributed by atoms with Gasteiger partial charge < -0.3 is 15.1 Å². The highest BCUT2D eigenvalue weighted by Gasteiger charge is 2.22. The first kappa shape index (κ1) is 22.7. The zero-order valence-electron chi connectivity index (χ0n) is 19.2. The van der Waals surface area contributed by atoms with Crippen molar-refractivity contribution in [2.24, 2.45) is 0 Å². The highest BCUT2D eigenvalue weighted by atomic mass is 32.2. The van der Waals surface area contributed by atoms with E-state index in [1.54, 1.807) is 6.20 Å². The molecule has 1 aromatic carbocycles. The largest absolute Gasteiger partial charge is 0.343 e. The van der Waals surface area contributed by atoms with E-state index in [4.69, 9.17) is 0 Å². The van der Waals surface area contributed by atoms with Crippen LogP contribution in [0.25, 0.3) is 11.7 Å². The fourth-order valence-electron chi connectivity index (χ4n) is 4.55. The van der Waals surface area contributed by atoms with Crippen LogP contribution in [0, 0.1) is 0 Å². The number of imidazole rings is 1. The van der Waals surface area contributed by atoms with Crippen LogP contribution in [0.5, 0.6) is 0 Å². The molecule has 5 rings (SSSR count). The Hall–Kier alpha value is -3.10. The molecule has 8 heteroatoms. The quantitative estimate of drug-likeness (QED) is 0.569. The predicted octanol–water partition coefficient (Wildman–Crippen LogP) is 3.06. The third-order valence-electron chi connectivity index (χ3n) is 6.36. The summed E-state index contributed by atoms with van der Waals surface area (Å²) in [6.07, 6.45) is 6.75. The molecule has 34 heavy (non-hydrogen) atoms. The maximum absolute atomic E-state index is 12.8. The van der Waals surface area contributed by atoms with Crippen molar-refractivity contribution in [1.29, 1.82) is 0 Å². The van der Waals surface area contributed by atoms with Crippen molar-refractivity contribution >= 4 is 35.3 Å². The van der Waals surface area contributed by atoms with Gasteiger partial charge in [-0.25, -0.2) is 4.98 Å². The Labute approximate surface area is 203 Å². The molecule has 3 aromatic rings. The van der Waals surface area contributed by atoms with E-state index < -0.39 is 0 Å². The lowest BCUT2D eigenvalue weighted by atomic mass is 10.1. The van der Waals surface area contributed by atoms with Gasteiger partial charge in [0.15, 0.2) is 0 Å². The van der Waals surface area contributed by atoms with E-state index in [0.717, 1.165) is 61.8 Å². The molecule has 1 saturated heterocycles. The molecule has 1 N–H and O–H groups in total. The number of carbonyl (C=O) groups excluding carboxylic acids is 2. The Balaban J connectivity index is 1.08. The monoisotopic (exact) mass is 475 g/mol. The summed E-state index contributed by atoms with van der Waals surface area (Å²) in [5.74, 6) is -0.242. The van der Waals surface area contributed by atoms with Crippen LogP contribution in [0.4, 0.5) is 0 Å². The van der Waals surface area contributed by atoms with Crippen LogP contribution in [-0.2, 0) is 16.0 Å². The number of hydrogen-bond donors (Lipinski definition) is 1. The van der Waals surface area contributed by atoms with Crippen LogP contribution in [0.15, 0.2) is 64.7 Å². The van der Waals surface area contributed by atoms with E-state index >= 15 is 0 Å². The maximum Gasteiger partial charge on any atom is 0.258 e. The summed E-state index contributed by atoms with van der Waals surface area (Å²) in [6.45, 7) is 4.40. The lowest BCUT2D eigenvalue weighted by molar-refractivity contribution is -0.132. The summed E-state index contributed by atoms with van der Waals surface area (Å²) < 4.78 is 2.02. The molecule has 0 spiro atoms. The molecule has 7 nitrogen and oxygen atoms in total. The predicted molar refractivity (Wildman–Crippen MR) is 134 cm³/mol. The van der Waals surface area contributed by atoms with Gasteiger partial charge in [-0.05, 0) is 56.1 Å². The van der Waals surface area contributed by atoms with Crippen molar-refractivity contribution in [2.75, 3.05) is 39.3 Å². The first-order chi connectivity index (χ1) is 16.7. The first-order valence-electron chi connectivity index (χ1n) is 11.9. The third kappa shape index (κ3) is 5.18. The van der Waals surface area contributed by atoms with Gasteiger partial charge in [0, 0.05) is 19.6 Å². The second-order valence-electron chi connectivity index (χ2n) is 8.70. The smallest absolute Gasteiger partial charge is 0.258 e. The van der Waals surface area contributed by atoms with Gasteiger partial charge in [0.2, 0.25) is 5.91 Å². The molecule has 0 radical (unpaired) electrons. The third-order valence-corrected chi connectivity index (χ3v) is 7.41. The van der Waals surface area contributed by atoms with Gasteiger partial charge in [0.05, 0.1) is 28.4 Å². The summed E-state index contributed by atoms with van der Waals surface area (Å²) in [5.41, 5.74) is 3.11. The summed E-state index contributed by atoms with van der Waals surface area (Å²) in [6, 6.07) is 16.4. The number of nitrogens with zero attached hydrogens (tertiary/aromatic N) is 4. The normalized spacial score (nSPS) is 16.2. The molecule has 2 aromatic heterocycles. The molecule has 2 amide bonds. The Morgan fingerprint density at radius 2 is 1.88 bits per heavy atom. The fourth-order valence-corrected chi connectivity index (χ4v) is 5.56. The van der Waals surface area contributed by atoms with Crippen molar-refractivity contribution in [1.82, 2.24) is 24.5 Å². The number of thioether (sulfide) groups is 1. The number of pyridine rings is 1. The molecule has 176 valence electrons. The maximum atomic E-state index is 12.8. The van der Waals surface area contributed by atoms with Crippen LogP contribution in [-0.4, -0.2) is 70.3 Å². The molecule has 0 aliphatic carbocycles. The van der Waals surface area contributed by atoms with Gasteiger partial charge >= 0.3 is 0 Å². The highest BCUT2D eigenvalue weighted by molar-refractivity contribution is 8.04. The summed E-state index contributed by atoms with van der Waals surface area (Å²) in [5, 5.41) is 3.77. The SMILES string of the molecule is O=C(NCC(=O)N1CCCN(CCCc2ccccc2)CC1)C1=Cc2cnc3cccc(n23)S1. The van der Waals surface area contributed by atoms with Gasteiger partial charge in [-0.1, -0.05) is 48.2 Å². The Bertz CT molecular complexity index is 1210. The molecule has 1 fully saturated rings. The average Bonchev–Trinajstić information content (AvgIpc) is 3.14. The van der Waals surface area contributed by atoms with Crippen molar-refractivity contribution in [2.45, 2.75) is 24.3 Å². The van der Waals surface area contributed by atoms with E-state index in [2.05, 4.69) is 39.5 Å². The minimum Gasteiger partial charge on any atom is -0.343 e. The fraction of sp³-hybridized carbons (Fsp3) is 0.346. The molecule has 0 atom stereocenters. The topological polar surface area (TPSA) is 70.0 Å². The number of nitrogens with one attached hydrogen (secondary N) is 1. The summed E-state index contributed by atoms with van der Waals surface area (Å²) in [7, 11) is 0. The molecular weight excluding hydrogens is 446 g/mol. The molecule has 4 heterocycles. The minimum atomic E-state index is -0.222. The molecule has 0 saturated carbocycles. The number of aromatic nitrogens is 2. The van der Waals surface area contributed by atoms with Crippen molar-refractivity contribution in [3.05, 3.63) is 70.9 Å². The lowest BCUT2D eigenvalue weighted by Crippen LogP contribution is -2.42. The number of aryl methyl sites for hydroxylation is 1. The molecule has 0 bridgehead atoms. The van der Waals surface area contributed by atoms with E-state index in [1.165, 1.54) is 17.3 Å². The zero-order chi connectivity index (χ0) is 23.3. The van der Waals surface area contributed by atoms with Gasteiger partial charge in [-0.2, -0.15) is 0 Å². The van der Waals surface area contributed by atoms with Gasteiger partial charge in [-0.15, -0.1) is 0 Å². The number of amides is 2. The molecule has 0 unspecified atom stereocenters.